The van der Waals surface area contributed by atoms with Crippen molar-refractivity contribution in [2.24, 2.45) is 0 Å². The molecule has 0 saturated carbocycles. The van der Waals surface area contributed by atoms with E-state index in [-0.39, 0.29) is 0 Å². The molecular weight excluding hydrogens is 953 g/mol. The van der Waals surface area contributed by atoms with Gasteiger partial charge in [0.2, 0.25) is 0 Å². The Labute approximate surface area is 444 Å². The molecule has 18 aromatic rings. The Morgan fingerprint density at radius 1 is 0.192 bits per heavy atom. The van der Waals surface area contributed by atoms with Crippen LogP contribution in [0.5, 0.6) is 0 Å². The summed E-state index contributed by atoms with van der Waals surface area (Å²) in [5.74, 6) is 0. The number of furan rings is 2. The number of aromatic nitrogens is 4. The highest BCUT2D eigenvalue weighted by Gasteiger charge is 2.27. The maximum absolute atomic E-state index is 6.86. The molecule has 362 valence electrons. The monoisotopic (exact) mass is 994 g/mol. The van der Waals surface area contributed by atoms with Gasteiger partial charge in [0.1, 0.15) is 11.2 Å². The van der Waals surface area contributed by atoms with Gasteiger partial charge in [0.05, 0.1) is 66.9 Å². The average Bonchev–Trinajstić information content (AvgIpc) is 4.52. The smallest absolute Gasteiger partial charge is 0.159 e. The van der Waals surface area contributed by atoms with E-state index in [2.05, 4.69) is 261 Å². The van der Waals surface area contributed by atoms with Gasteiger partial charge >= 0.3 is 0 Å². The maximum atomic E-state index is 6.86. The zero-order valence-electron chi connectivity index (χ0n) is 41.9. The summed E-state index contributed by atoms with van der Waals surface area (Å²) in [4.78, 5) is 0. The highest BCUT2D eigenvalue weighted by atomic mass is 16.3. The van der Waals surface area contributed by atoms with Crippen molar-refractivity contribution < 1.29 is 8.83 Å². The SMILES string of the molecule is c1ccc2c(c1)oc1c(-n3c4ccccc4c4cc(-c5cc6c7ccccc7n(-c7cccc8c7oc7ccccc78)c6cc5-n5c6ccccc6c6ccccc65)c(-n5c6ccccc6c6ccccc65)cc43)cccc12. The summed E-state index contributed by atoms with van der Waals surface area (Å²) < 4.78 is 23.6. The van der Waals surface area contributed by atoms with Gasteiger partial charge in [-0.15, -0.1) is 0 Å². The van der Waals surface area contributed by atoms with Gasteiger partial charge in [-0.1, -0.05) is 170 Å². The molecule has 0 atom stereocenters. The predicted molar refractivity (Wildman–Crippen MR) is 324 cm³/mol. The molecule has 0 radical (unpaired) electrons. The van der Waals surface area contributed by atoms with Gasteiger partial charge in [0.15, 0.2) is 11.2 Å². The molecule has 6 nitrogen and oxygen atoms in total. The van der Waals surface area contributed by atoms with Gasteiger partial charge in [-0.05, 0) is 84.9 Å². The van der Waals surface area contributed by atoms with Gasteiger partial charge in [-0.25, -0.2) is 0 Å². The summed E-state index contributed by atoms with van der Waals surface area (Å²) in [6, 6.07) is 92.9. The normalized spacial score (nSPS) is 12.4. The molecule has 18 rings (SSSR count). The van der Waals surface area contributed by atoms with Crippen LogP contribution in [0.3, 0.4) is 0 Å². The lowest BCUT2D eigenvalue weighted by Gasteiger charge is -2.20. The summed E-state index contributed by atoms with van der Waals surface area (Å²) in [7, 11) is 0. The van der Waals surface area contributed by atoms with E-state index in [1.165, 1.54) is 21.5 Å². The van der Waals surface area contributed by atoms with Crippen molar-refractivity contribution in [1.29, 1.82) is 0 Å². The highest BCUT2D eigenvalue weighted by Crippen LogP contribution is 2.48. The average molecular weight is 995 g/mol. The van der Waals surface area contributed by atoms with Crippen LogP contribution in [-0.2, 0) is 0 Å². The fourth-order valence-electron chi connectivity index (χ4n) is 13.5. The van der Waals surface area contributed by atoms with Crippen molar-refractivity contribution in [2.75, 3.05) is 0 Å². The number of rotatable bonds is 5. The maximum Gasteiger partial charge on any atom is 0.159 e. The highest BCUT2D eigenvalue weighted by molar-refractivity contribution is 6.19. The molecule has 0 N–H and O–H groups in total. The molecule has 0 fully saturated rings. The topological polar surface area (TPSA) is 46.0 Å². The largest absolute Gasteiger partial charge is 0.454 e. The van der Waals surface area contributed by atoms with Crippen LogP contribution in [0.2, 0.25) is 0 Å². The van der Waals surface area contributed by atoms with E-state index in [0.29, 0.717) is 0 Å². The van der Waals surface area contributed by atoms with Crippen molar-refractivity contribution in [3.8, 4) is 33.9 Å². The van der Waals surface area contributed by atoms with Gasteiger partial charge in [0, 0.05) is 75.8 Å². The van der Waals surface area contributed by atoms with E-state index >= 15 is 0 Å². The Morgan fingerprint density at radius 2 is 0.462 bits per heavy atom. The molecule has 0 spiro atoms. The molecule has 0 aliphatic rings. The molecule has 6 heteroatoms. The van der Waals surface area contributed by atoms with E-state index in [9.17, 15) is 0 Å². The predicted octanol–water partition coefficient (Wildman–Crippen LogP) is 19.5. The first-order chi connectivity index (χ1) is 38.7. The molecule has 0 aliphatic heterocycles. The first-order valence-electron chi connectivity index (χ1n) is 26.7. The Morgan fingerprint density at radius 3 is 0.808 bits per heavy atom. The second-order valence-electron chi connectivity index (χ2n) is 20.7. The van der Waals surface area contributed by atoms with Crippen LogP contribution in [0.15, 0.2) is 264 Å². The number of hydrogen-bond donors (Lipinski definition) is 0. The number of fused-ring (bicyclic) bond motifs is 18. The van der Waals surface area contributed by atoms with Crippen molar-refractivity contribution in [3.63, 3.8) is 0 Å². The molecule has 0 saturated heterocycles. The Hall–Kier alpha value is -10.6. The minimum absolute atomic E-state index is 0.859. The quantitative estimate of drug-likeness (QED) is 0.172. The van der Waals surface area contributed by atoms with E-state index in [1.54, 1.807) is 0 Å². The summed E-state index contributed by atoms with van der Waals surface area (Å²) in [5.41, 5.74) is 18.7. The summed E-state index contributed by atoms with van der Waals surface area (Å²) in [6.07, 6.45) is 0. The lowest BCUT2D eigenvalue weighted by molar-refractivity contribution is 0.666. The Kier molecular flexibility index (Phi) is 8.30. The van der Waals surface area contributed by atoms with Crippen LogP contribution in [0, 0.1) is 0 Å². The summed E-state index contributed by atoms with van der Waals surface area (Å²) >= 11 is 0. The van der Waals surface area contributed by atoms with Gasteiger partial charge < -0.3 is 27.1 Å². The van der Waals surface area contributed by atoms with E-state index < -0.39 is 0 Å². The molecule has 0 unspecified atom stereocenters. The van der Waals surface area contributed by atoms with Crippen molar-refractivity contribution in [2.45, 2.75) is 0 Å². The second-order valence-corrected chi connectivity index (χ2v) is 20.7. The molecule has 0 aliphatic carbocycles. The summed E-state index contributed by atoms with van der Waals surface area (Å²) in [5, 5.41) is 13.8. The van der Waals surface area contributed by atoms with Crippen molar-refractivity contribution in [3.05, 3.63) is 255 Å². The van der Waals surface area contributed by atoms with Crippen LogP contribution < -0.4 is 0 Å². The van der Waals surface area contributed by atoms with E-state index in [4.69, 9.17) is 8.83 Å². The Bertz CT molecular complexity index is 5140. The molecule has 0 bridgehead atoms. The van der Waals surface area contributed by atoms with Gasteiger partial charge in [-0.3, -0.25) is 0 Å². The molecule has 12 aromatic carbocycles. The van der Waals surface area contributed by atoms with Crippen LogP contribution in [0.1, 0.15) is 0 Å². The molecule has 0 amide bonds. The standard InChI is InChI=1S/C72H42N4O2/c1-9-29-57-43(19-1)44-20-2-10-30-58(44)73(57)67-41-65-53(47-23-5-13-33-61(47)75(65)63-35-17-27-51-49-25-7-15-37-69(49)77-71(51)63)39-55(67)56-40-54-48-24-6-14-34-62(48)76(64-36-18-28-52-50-26-8-16-38-70(50)78-72(52)64)66(54)42-68(56)74-59-31-11-3-21-45(59)46-22-4-12-32-60(46)74/h1-42H. The minimum Gasteiger partial charge on any atom is -0.454 e. The van der Waals surface area contributed by atoms with Crippen molar-refractivity contribution in [1.82, 2.24) is 18.3 Å². The lowest BCUT2D eigenvalue weighted by atomic mass is 9.96. The van der Waals surface area contributed by atoms with Crippen LogP contribution in [0.25, 0.3) is 165 Å². The van der Waals surface area contributed by atoms with E-state index in [1.807, 2.05) is 12.1 Å². The molecular formula is C72H42N4O2. The number of nitrogens with zero attached hydrogens (tertiary/aromatic N) is 4. The number of para-hydroxylation sites is 10. The molecule has 6 aromatic heterocycles. The zero-order chi connectivity index (χ0) is 50.7. The van der Waals surface area contributed by atoms with Crippen LogP contribution >= 0.6 is 0 Å². The van der Waals surface area contributed by atoms with Gasteiger partial charge in [0.25, 0.3) is 0 Å². The third kappa shape index (κ3) is 5.54. The lowest BCUT2D eigenvalue weighted by Crippen LogP contribution is -2.03. The first kappa shape index (κ1) is 41.8. The fraction of sp³-hybridized carbons (Fsp3) is 0. The van der Waals surface area contributed by atoms with Crippen LogP contribution in [0.4, 0.5) is 0 Å². The zero-order valence-corrected chi connectivity index (χ0v) is 41.9. The minimum atomic E-state index is 0.859. The van der Waals surface area contributed by atoms with Crippen LogP contribution in [-0.4, -0.2) is 18.3 Å². The molecule has 6 heterocycles. The van der Waals surface area contributed by atoms with Gasteiger partial charge in [-0.2, -0.15) is 0 Å². The first-order valence-corrected chi connectivity index (χ1v) is 26.7. The number of hydrogen-bond acceptors (Lipinski definition) is 2. The fourth-order valence-corrected chi connectivity index (χ4v) is 13.5. The second kappa shape index (κ2) is 15.5. The number of benzene rings is 12. The van der Waals surface area contributed by atoms with Crippen molar-refractivity contribution >= 4 is 131 Å². The third-order valence-electron chi connectivity index (χ3n) is 16.8. The third-order valence-corrected chi connectivity index (χ3v) is 16.8. The molecule has 78 heavy (non-hydrogen) atoms. The van der Waals surface area contributed by atoms with E-state index in [0.717, 1.165) is 143 Å². The Balaban J connectivity index is 1.04. The summed E-state index contributed by atoms with van der Waals surface area (Å²) in [6.45, 7) is 0.